The van der Waals surface area contributed by atoms with Gasteiger partial charge in [-0.3, -0.25) is 0 Å². The molecule has 2 aliphatic rings. The van der Waals surface area contributed by atoms with Gasteiger partial charge >= 0.3 is 0 Å². The zero-order valence-electron chi connectivity index (χ0n) is 17.3. The van der Waals surface area contributed by atoms with Gasteiger partial charge in [0.05, 0.1) is 0 Å². The average molecular weight is 353 g/mol. The smallest absolute Gasteiger partial charge is 0.0162 e. The third-order valence-electron chi connectivity index (χ3n) is 7.05. The highest BCUT2D eigenvalue weighted by molar-refractivity contribution is 5.66. The van der Waals surface area contributed by atoms with E-state index in [4.69, 9.17) is 0 Å². The maximum atomic E-state index is 2.54. The SMILES string of the molecule is CCCCC1CC=C(c2ccc(C3CCC(CCCC)CC3)cc2)CC1. The summed E-state index contributed by atoms with van der Waals surface area (Å²) in [4.78, 5) is 0. The fraction of sp³-hybridized carbons (Fsp3) is 0.692. The van der Waals surface area contributed by atoms with Gasteiger partial charge in [0.2, 0.25) is 0 Å². The fourth-order valence-electron chi connectivity index (χ4n) is 5.15. The molecule has 3 rings (SSSR count). The topological polar surface area (TPSA) is 0 Å². The minimum Gasteiger partial charge on any atom is -0.0804 e. The number of allylic oxidation sites excluding steroid dienone is 2. The van der Waals surface area contributed by atoms with Crippen LogP contribution in [0.1, 0.15) is 114 Å². The molecule has 0 spiro atoms. The molecule has 0 heterocycles. The lowest BCUT2D eigenvalue weighted by molar-refractivity contribution is 0.304. The first kappa shape index (κ1) is 19.7. The normalized spacial score (nSPS) is 26.5. The van der Waals surface area contributed by atoms with Crippen LogP contribution in [0.5, 0.6) is 0 Å². The molecule has 1 atom stereocenters. The number of benzene rings is 1. The zero-order valence-corrected chi connectivity index (χ0v) is 17.3. The Bertz CT molecular complexity index is 542. The van der Waals surface area contributed by atoms with Crippen molar-refractivity contribution in [1.82, 2.24) is 0 Å². The van der Waals surface area contributed by atoms with Crippen molar-refractivity contribution in [1.29, 1.82) is 0 Å². The van der Waals surface area contributed by atoms with Crippen LogP contribution in [-0.4, -0.2) is 0 Å². The molecule has 0 bridgehead atoms. The standard InChI is InChI=1S/C26H40/c1-3-5-7-21-9-13-23(14-10-21)25-17-19-26(20-18-25)24-15-11-22(12-16-24)8-6-4-2/h13,17-22,24H,3-12,14-16H2,1-2H3. The predicted molar refractivity (Wildman–Crippen MR) is 116 cm³/mol. The summed E-state index contributed by atoms with van der Waals surface area (Å²) in [5, 5.41) is 0. The van der Waals surface area contributed by atoms with E-state index >= 15 is 0 Å². The van der Waals surface area contributed by atoms with Crippen molar-refractivity contribution in [3.05, 3.63) is 41.5 Å². The van der Waals surface area contributed by atoms with E-state index in [-0.39, 0.29) is 0 Å². The van der Waals surface area contributed by atoms with E-state index in [0.717, 1.165) is 17.8 Å². The minimum atomic E-state index is 0.820. The monoisotopic (exact) mass is 352 g/mol. The predicted octanol–water partition coefficient (Wildman–Crippen LogP) is 8.52. The van der Waals surface area contributed by atoms with E-state index in [1.165, 1.54) is 89.0 Å². The summed E-state index contributed by atoms with van der Waals surface area (Å²) in [6, 6.07) is 9.71. The van der Waals surface area contributed by atoms with Gasteiger partial charge in [0, 0.05) is 0 Å². The van der Waals surface area contributed by atoms with E-state index in [1.54, 1.807) is 11.1 Å². The molecule has 0 aliphatic heterocycles. The Hall–Kier alpha value is -1.04. The molecule has 26 heavy (non-hydrogen) atoms. The minimum absolute atomic E-state index is 0.820. The van der Waals surface area contributed by atoms with Crippen molar-refractivity contribution in [3.8, 4) is 0 Å². The molecule has 1 aromatic rings. The van der Waals surface area contributed by atoms with Gasteiger partial charge < -0.3 is 0 Å². The van der Waals surface area contributed by atoms with Gasteiger partial charge in [0.25, 0.3) is 0 Å². The van der Waals surface area contributed by atoms with E-state index < -0.39 is 0 Å². The van der Waals surface area contributed by atoms with Crippen molar-refractivity contribution < 1.29 is 0 Å². The van der Waals surface area contributed by atoms with E-state index in [2.05, 4.69) is 44.2 Å². The lowest BCUT2D eigenvalue weighted by Gasteiger charge is -2.29. The van der Waals surface area contributed by atoms with Crippen LogP contribution in [-0.2, 0) is 0 Å². The Morgan fingerprint density at radius 3 is 2.00 bits per heavy atom. The molecule has 0 saturated heterocycles. The zero-order chi connectivity index (χ0) is 18.2. The van der Waals surface area contributed by atoms with Gasteiger partial charge in [-0.05, 0) is 79.4 Å². The number of hydrogen-bond donors (Lipinski definition) is 0. The second-order valence-electron chi connectivity index (χ2n) is 8.99. The van der Waals surface area contributed by atoms with Gasteiger partial charge in [-0.1, -0.05) is 82.7 Å². The third kappa shape index (κ3) is 5.48. The number of hydrogen-bond acceptors (Lipinski definition) is 0. The Balaban J connectivity index is 1.51. The lowest BCUT2D eigenvalue weighted by Crippen LogP contribution is -2.13. The highest BCUT2D eigenvalue weighted by Crippen LogP contribution is 2.38. The molecule has 144 valence electrons. The molecule has 1 unspecified atom stereocenters. The quantitative estimate of drug-likeness (QED) is 0.439. The van der Waals surface area contributed by atoms with Gasteiger partial charge in [0.1, 0.15) is 0 Å². The van der Waals surface area contributed by atoms with Crippen LogP contribution in [0.4, 0.5) is 0 Å². The highest BCUT2D eigenvalue weighted by Gasteiger charge is 2.22. The molecule has 0 radical (unpaired) electrons. The lowest BCUT2D eigenvalue weighted by atomic mass is 9.76. The molecule has 1 saturated carbocycles. The maximum absolute atomic E-state index is 2.54. The van der Waals surface area contributed by atoms with Crippen LogP contribution in [0.3, 0.4) is 0 Å². The number of rotatable bonds is 8. The second kappa shape index (κ2) is 10.3. The van der Waals surface area contributed by atoms with Gasteiger partial charge in [-0.15, -0.1) is 0 Å². The first-order chi connectivity index (χ1) is 12.8. The largest absolute Gasteiger partial charge is 0.0804 e. The summed E-state index contributed by atoms with van der Waals surface area (Å²) in [7, 11) is 0. The van der Waals surface area contributed by atoms with Crippen LogP contribution in [0, 0.1) is 11.8 Å². The summed E-state index contributed by atoms with van der Waals surface area (Å²) in [5.41, 5.74) is 4.69. The van der Waals surface area contributed by atoms with E-state index in [9.17, 15) is 0 Å². The van der Waals surface area contributed by atoms with Crippen molar-refractivity contribution >= 4 is 5.57 Å². The molecular weight excluding hydrogens is 312 g/mol. The summed E-state index contributed by atoms with van der Waals surface area (Å²) in [5.74, 6) is 2.78. The van der Waals surface area contributed by atoms with Crippen molar-refractivity contribution in [2.45, 2.75) is 103 Å². The Labute approximate surface area is 162 Å². The van der Waals surface area contributed by atoms with Crippen LogP contribution in [0.2, 0.25) is 0 Å². The summed E-state index contributed by atoms with van der Waals surface area (Å²) in [6.45, 7) is 4.63. The first-order valence-corrected chi connectivity index (χ1v) is 11.6. The van der Waals surface area contributed by atoms with Crippen LogP contribution < -0.4 is 0 Å². The Morgan fingerprint density at radius 2 is 1.42 bits per heavy atom. The molecule has 2 aliphatic carbocycles. The van der Waals surface area contributed by atoms with Crippen LogP contribution >= 0.6 is 0 Å². The van der Waals surface area contributed by atoms with Crippen molar-refractivity contribution in [3.63, 3.8) is 0 Å². The first-order valence-electron chi connectivity index (χ1n) is 11.6. The average Bonchev–Trinajstić information content (AvgIpc) is 2.72. The molecular formula is C26H40. The highest BCUT2D eigenvalue weighted by atomic mass is 14.3. The molecule has 0 amide bonds. The molecule has 1 aromatic carbocycles. The fourth-order valence-corrected chi connectivity index (χ4v) is 5.15. The van der Waals surface area contributed by atoms with Crippen LogP contribution in [0.15, 0.2) is 30.3 Å². The molecule has 1 fully saturated rings. The summed E-state index contributed by atoms with van der Waals surface area (Å²) in [6.07, 6.45) is 20.7. The Morgan fingerprint density at radius 1 is 0.769 bits per heavy atom. The van der Waals surface area contributed by atoms with Crippen molar-refractivity contribution in [2.75, 3.05) is 0 Å². The summed E-state index contributed by atoms with van der Waals surface area (Å²) >= 11 is 0. The van der Waals surface area contributed by atoms with Crippen LogP contribution in [0.25, 0.3) is 5.57 Å². The molecule has 0 heteroatoms. The third-order valence-corrected chi connectivity index (χ3v) is 7.05. The Kier molecular flexibility index (Phi) is 7.84. The maximum Gasteiger partial charge on any atom is -0.0162 e. The van der Waals surface area contributed by atoms with Gasteiger partial charge in [0.15, 0.2) is 0 Å². The van der Waals surface area contributed by atoms with Crippen molar-refractivity contribution in [2.24, 2.45) is 11.8 Å². The van der Waals surface area contributed by atoms with Gasteiger partial charge in [-0.25, -0.2) is 0 Å². The second-order valence-corrected chi connectivity index (χ2v) is 8.99. The molecule has 0 nitrogen and oxygen atoms in total. The van der Waals surface area contributed by atoms with E-state index in [1.807, 2.05) is 0 Å². The summed E-state index contributed by atoms with van der Waals surface area (Å²) < 4.78 is 0. The molecule has 0 aromatic heterocycles. The van der Waals surface area contributed by atoms with Gasteiger partial charge in [-0.2, -0.15) is 0 Å². The number of unbranched alkanes of at least 4 members (excludes halogenated alkanes) is 2. The molecule has 0 N–H and O–H groups in total. The van der Waals surface area contributed by atoms with E-state index in [0.29, 0.717) is 0 Å².